The fourth-order valence-electron chi connectivity index (χ4n) is 2.24. The van der Waals surface area contributed by atoms with Gasteiger partial charge in [-0.3, -0.25) is 9.69 Å². The summed E-state index contributed by atoms with van der Waals surface area (Å²) in [5.74, 6) is 1.25. The van der Waals surface area contributed by atoms with Gasteiger partial charge in [-0.05, 0) is 58.3 Å². The van der Waals surface area contributed by atoms with Gasteiger partial charge in [0, 0.05) is 6.54 Å². The van der Waals surface area contributed by atoms with Crippen LogP contribution in [-0.2, 0) is 4.79 Å². The highest BCUT2D eigenvalue weighted by Gasteiger charge is 2.30. The van der Waals surface area contributed by atoms with Crippen molar-refractivity contribution < 1.29 is 14.3 Å². The normalized spacial score (nSPS) is 18.6. The highest BCUT2D eigenvalue weighted by molar-refractivity contribution is 9.10. The van der Waals surface area contributed by atoms with Crippen LogP contribution >= 0.6 is 28.1 Å². The molecule has 1 aromatic carbocycles. The van der Waals surface area contributed by atoms with Gasteiger partial charge in [-0.15, -0.1) is 0 Å². The fraction of sp³-hybridized carbons (Fsp3) is 0.286. The van der Waals surface area contributed by atoms with Crippen molar-refractivity contribution in [3.8, 4) is 11.5 Å². The van der Waals surface area contributed by atoms with Crippen LogP contribution in [0.15, 0.2) is 22.3 Å². The summed E-state index contributed by atoms with van der Waals surface area (Å²) in [5, 5.41) is 3.41. The van der Waals surface area contributed by atoms with Gasteiger partial charge < -0.3 is 14.8 Å². The molecule has 3 rings (SSSR count). The Labute approximate surface area is 136 Å². The number of carbonyl (C=O) groups is 1. The van der Waals surface area contributed by atoms with Gasteiger partial charge in [-0.2, -0.15) is 0 Å². The van der Waals surface area contributed by atoms with Crippen molar-refractivity contribution in [2.75, 3.05) is 13.3 Å². The number of hydrogen-bond donors (Lipinski definition) is 1. The number of hydrogen-bond acceptors (Lipinski definition) is 4. The van der Waals surface area contributed by atoms with Crippen LogP contribution in [0, 0.1) is 0 Å². The number of ether oxygens (including phenoxy) is 2. The van der Waals surface area contributed by atoms with Crippen molar-refractivity contribution in [1.29, 1.82) is 0 Å². The molecular formula is C14H13BrN2O3S. The van der Waals surface area contributed by atoms with Crippen molar-refractivity contribution in [3.05, 3.63) is 27.9 Å². The summed E-state index contributed by atoms with van der Waals surface area (Å²) in [6.07, 6.45) is 2.62. The lowest BCUT2D eigenvalue weighted by atomic mass is 10.1. The van der Waals surface area contributed by atoms with Gasteiger partial charge in [0.25, 0.3) is 5.91 Å². The minimum absolute atomic E-state index is 0.101. The lowest BCUT2D eigenvalue weighted by molar-refractivity contribution is -0.122. The van der Waals surface area contributed by atoms with Crippen LogP contribution in [0.4, 0.5) is 0 Å². The van der Waals surface area contributed by atoms with Gasteiger partial charge >= 0.3 is 0 Å². The first-order valence-corrected chi connectivity index (χ1v) is 7.74. The molecule has 0 bridgehead atoms. The first-order chi connectivity index (χ1) is 10.1. The summed E-state index contributed by atoms with van der Waals surface area (Å²) < 4.78 is 11.5. The van der Waals surface area contributed by atoms with Crippen molar-refractivity contribution in [2.45, 2.75) is 13.3 Å². The van der Waals surface area contributed by atoms with Crippen molar-refractivity contribution in [1.82, 2.24) is 10.2 Å². The number of rotatable bonds is 3. The van der Waals surface area contributed by atoms with E-state index in [9.17, 15) is 4.79 Å². The molecule has 2 heterocycles. The molecule has 1 N–H and O–H groups in total. The minimum atomic E-state index is -0.101. The number of fused-ring (bicyclic) bond motifs is 1. The average molecular weight is 369 g/mol. The summed E-state index contributed by atoms with van der Waals surface area (Å²) >= 11 is 8.62. The monoisotopic (exact) mass is 368 g/mol. The quantitative estimate of drug-likeness (QED) is 0.656. The van der Waals surface area contributed by atoms with E-state index in [1.54, 1.807) is 11.0 Å². The third kappa shape index (κ3) is 2.63. The lowest BCUT2D eigenvalue weighted by Gasteiger charge is -2.11. The standard InChI is InChI=1S/C14H13BrN2O3S/c1-2-3-17-13(18)10(16-14(17)21)5-8-4-9(15)12-11(6-8)19-7-20-12/h4-6H,2-3,7H2,1H3,(H,16,21). The largest absolute Gasteiger partial charge is 0.454 e. The number of nitrogens with one attached hydrogen (secondary N) is 1. The SMILES string of the molecule is CCCN1C(=O)C(=Cc2cc(Br)c3c(c2)OCO3)NC1=S. The van der Waals surface area contributed by atoms with Crippen molar-refractivity contribution in [3.63, 3.8) is 0 Å². The van der Waals surface area contributed by atoms with Crippen LogP contribution in [0.25, 0.3) is 6.08 Å². The first kappa shape index (κ1) is 14.3. The molecule has 0 unspecified atom stereocenters. The molecule has 1 fully saturated rings. The van der Waals surface area contributed by atoms with E-state index >= 15 is 0 Å². The summed E-state index contributed by atoms with van der Waals surface area (Å²) in [6, 6.07) is 3.71. The predicted octanol–water partition coefficient (Wildman–Crippen LogP) is 2.65. The second-order valence-corrected chi connectivity index (χ2v) is 5.92. The third-order valence-corrected chi connectivity index (χ3v) is 4.08. The van der Waals surface area contributed by atoms with Crippen LogP contribution in [-0.4, -0.2) is 29.3 Å². The lowest BCUT2D eigenvalue weighted by Crippen LogP contribution is -2.31. The highest BCUT2D eigenvalue weighted by atomic mass is 79.9. The molecule has 1 saturated heterocycles. The maximum atomic E-state index is 12.3. The summed E-state index contributed by atoms with van der Waals surface area (Å²) in [7, 11) is 0. The zero-order valence-corrected chi connectivity index (χ0v) is 13.7. The van der Waals surface area contributed by atoms with Crippen LogP contribution in [0.2, 0.25) is 0 Å². The maximum absolute atomic E-state index is 12.3. The summed E-state index contributed by atoms with van der Waals surface area (Å²) in [4.78, 5) is 13.8. The van der Waals surface area contributed by atoms with Gasteiger partial charge in [-0.1, -0.05) is 6.92 Å². The number of nitrogens with zero attached hydrogens (tertiary/aromatic N) is 1. The van der Waals surface area contributed by atoms with E-state index in [-0.39, 0.29) is 12.7 Å². The van der Waals surface area contributed by atoms with Gasteiger partial charge in [-0.25, -0.2) is 0 Å². The Morgan fingerprint density at radius 2 is 2.29 bits per heavy atom. The molecule has 0 saturated carbocycles. The number of benzene rings is 1. The number of amides is 1. The van der Waals surface area contributed by atoms with Crippen molar-refractivity contribution >= 4 is 45.2 Å². The number of halogens is 1. The number of thiocarbonyl (C=S) groups is 1. The van der Waals surface area contributed by atoms with Crippen LogP contribution < -0.4 is 14.8 Å². The Bertz CT molecular complexity index is 660. The van der Waals surface area contributed by atoms with E-state index in [0.717, 1.165) is 16.5 Å². The minimum Gasteiger partial charge on any atom is -0.454 e. The van der Waals surface area contributed by atoms with Crippen LogP contribution in [0.1, 0.15) is 18.9 Å². The zero-order valence-electron chi connectivity index (χ0n) is 11.3. The van der Waals surface area contributed by atoms with Gasteiger partial charge in [0.1, 0.15) is 5.70 Å². The van der Waals surface area contributed by atoms with E-state index in [1.165, 1.54) is 0 Å². The zero-order chi connectivity index (χ0) is 15.0. The molecule has 0 aliphatic carbocycles. The van der Waals surface area contributed by atoms with E-state index in [4.69, 9.17) is 21.7 Å². The first-order valence-electron chi connectivity index (χ1n) is 6.54. The molecule has 7 heteroatoms. The molecule has 2 aliphatic heterocycles. The Balaban J connectivity index is 1.91. The fourth-order valence-corrected chi connectivity index (χ4v) is 3.09. The van der Waals surface area contributed by atoms with Gasteiger partial charge in [0.2, 0.25) is 6.79 Å². The molecule has 110 valence electrons. The average Bonchev–Trinajstić information content (AvgIpc) is 3.00. The second-order valence-electron chi connectivity index (χ2n) is 4.68. The maximum Gasteiger partial charge on any atom is 0.276 e. The molecule has 2 aliphatic rings. The van der Waals surface area contributed by atoms with Crippen LogP contribution in [0.5, 0.6) is 11.5 Å². The molecule has 1 aromatic rings. The van der Waals surface area contributed by atoms with E-state index in [1.807, 2.05) is 19.1 Å². The molecule has 0 atom stereocenters. The molecule has 0 aromatic heterocycles. The molecule has 5 nitrogen and oxygen atoms in total. The Kier molecular flexibility index (Phi) is 3.86. The third-order valence-electron chi connectivity index (χ3n) is 3.17. The van der Waals surface area contributed by atoms with Crippen molar-refractivity contribution in [2.24, 2.45) is 0 Å². The molecule has 0 radical (unpaired) electrons. The van der Waals surface area contributed by atoms with Gasteiger partial charge in [0.05, 0.1) is 4.47 Å². The highest BCUT2D eigenvalue weighted by Crippen LogP contribution is 2.40. The van der Waals surface area contributed by atoms with E-state index in [2.05, 4.69) is 21.2 Å². The second kappa shape index (κ2) is 5.65. The Morgan fingerprint density at radius 1 is 1.48 bits per heavy atom. The van der Waals surface area contributed by atoms with Gasteiger partial charge in [0.15, 0.2) is 16.6 Å². The summed E-state index contributed by atoms with van der Waals surface area (Å²) in [5.41, 5.74) is 1.31. The molecule has 0 spiro atoms. The predicted molar refractivity (Wildman–Crippen MR) is 86.0 cm³/mol. The molecular weight excluding hydrogens is 356 g/mol. The topological polar surface area (TPSA) is 50.8 Å². The van der Waals surface area contributed by atoms with E-state index in [0.29, 0.717) is 28.9 Å². The van der Waals surface area contributed by atoms with E-state index < -0.39 is 0 Å². The molecule has 1 amide bonds. The summed E-state index contributed by atoms with van der Waals surface area (Å²) in [6.45, 7) is 2.83. The van der Waals surface area contributed by atoms with Crippen LogP contribution in [0.3, 0.4) is 0 Å². The smallest absolute Gasteiger partial charge is 0.276 e. The Morgan fingerprint density at radius 3 is 3.05 bits per heavy atom. The number of carbonyl (C=O) groups excluding carboxylic acids is 1. The Hall–Kier alpha value is -1.60. The molecule has 21 heavy (non-hydrogen) atoms.